The van der Waals surface area contributed by atoms with Crippen LogP contribution in [-0.4, -0.2) is 11.0 Å². The van der Waals surface area contributed by atoms with Crippen LogP contribution in [0, 0.1) is 0 Å². The molecule has 0 saturated heterocycles. The minimum atomic E-state index is 0.211. The van der Waals surface area contributed by atoms with Gasteiger partial charge in [-0.15, -0.1) is 0 Å². The normalized spacial score (nSPS) is 16.9. The topological polar surface area (TPSA) is 32.6 Å². The van der Waals surface area contributed by atoms with Crippen molar-refractivity contribution in [1.29, 1.82) is 0 Å². The number of nitrogens with zero attached hydrogens (tertiary/aromatic N) is 1. The number of allylic oxidation sites excluding steroid dienone is 1. The second-order valence-corrected chi connectivity index (χ2v) is 1.28. The summed E-state index contributed by atoms with van der Waals surface area (Å²) < 4.78 is 0. The van der Waals surface area contributed by atoms with Crippen molar-refractivity contribution in [3.63, 3.8) is 0 Å². The highest BCUT2D eigenvalue weighted by Gasteiger charge is 1.87. The highest BCUT2D eigenvalue weighted by atomic mass is 16.3. The molecule has 1 aliphatic heterocycles. The summed E-state index contributed by atoms with van der Waals surface area (Å²) in [6.07, 6.45) is 3.95. The van der Waals surface area contributed by atoms with Crippen LogP contribution < -0.4 is 0 Å². The van der Waals surface area contributed by atoms with Gasteiger partial charge in [0, 0.05) is 18.5 Å². The fraction of sp³-hybridized carbons (Fsp3) is 0.200. The van der Waals surface area contributed by atoms with E-state index >= 15 is 0 Å². The Bertz CT molecular complexity index is 151. The Morgan fingerprint density at radius 1 is 1.86 bits per heavy atom. The van der Waals surface area contributed by atoms with Gasteiger partial charge in [-0.2, -0.15) is 0 Å². The Morgan fingerprint density at radius 2 is 2.71 bits per heavy atom. The summed E-state index contributed by atoms with van der Waals surface area (Å²) in [5, 5.41) is 8.57. The molecule has 0 aliphatic carbocycles. The van der Waals surface area contributed by atoms with Crippen molar-refractivity contribution in [2.75, 3.05) is 0 Å². The molecule has 0 aromatic rings. The predicted octanol–water partition coefficient (Wildman–Crippen LogP) is 1.02. The Kier molecular flexibility index (Phi) is 0.966. The molecule has 0 unspecified atom stereocenters. The number of aliphatic imine (C=N–C) groups is 1. The lowest BCUT2D eigenvalue weighted by molar-refractivity contribution is 0.409. The number of aliphatic hydroxyl groups is 1. The summed E-state index contributed by atoms with van der Waals surface area (Å²) in [6, 6.07) is 0. The fourth-order valence-corrected chi connectivity index (χ4v) is 0.374. The lowest BCUT2D eigenvalue weighted by Crippen LogP contribution is -1.80. The van der Waals surface area contributed by atoms with E-state index in [2.05, 4.69) is 10.9 Å². The van der Waals surface area contributed by atoms with Gasteiger partial charge in [-0.1, -0.05) is 6.08 Å². The van der Waals surface area contributed by atoms with Gasteiger partial charge in [0.1, 0.15) is 0 Å². The number of hydrogen-bond donors (Lipinski definition) is 1. The maximum atomic E-state index is 8.57. The molecule has 1 N–H and O–H groups in total. The van der Waals surface area contributed by atoms with Gasteiger partial charge in [-0.05, 0) is 0 Å². The van der Waals surface area contributed by atoms with E-state index in [1.54, 1.807) is 12.3 Å². The van der Waals surface area contributed by atoms with E-state index < -0.39 is 0 Å². The third-order valence-electron chi connectivity index (χ3n) is 0.685. The maximum absolute atomic E-state index is 8.57. The minimum Gasteiger partial charge on any atom is -0.503 e. The standard InChI is InChI=1S/C5H5NO/c7-5-2-1-3-6-4-5/h1,3,7H,2H2. The Labute approximate surface area is 41.5 Å². The zero-order valence-electron chi connectivity index (χ0n) is 3.76. The van der Waals surface area contributed by atoms with E-state index in [1.165, 1.54) is 0 Å². The van der Waals surface area contributed by atoms with Crippen LogP contribution in [0.4, 0.5) is 0 Å². The van der Waals surface area contributed by atoms with Crippen molar-refractivity contribution < 1.29 is 5.11 Å². The average molecular weight is 95.1 g/mol. The lowest BCUT2D eigenvalue weighted by atomic mass is 10.3. The van der Waals surface area contributed by atoms with Crippen molar-refractivity contribution in [2.24, 2.45) is 4.99 Å². The molecule has 1 heterocycles. The summed E-state index contributed by atoms with van der Waals surface area (Å²) in [7, 11) is 0. The van der Waals surface area contributed by atoms with E-state index in [1.807, 2.05) is 0 Å². The molecular formula is C5H5NO. The van der Waals surface area contributed by atoms with Gasteiger partial charge in [-0.25, -0.2) is 4.99 Å². The first-order chi connectivity index (χ1) is 3.39. The molecule has 0 fully saturated rings. The van der Waals surface area contributed by atoms with Crippen LogP contribution in [-0.2, 0) is 0 Å². The molecule has 0 amide bonds. The first-order valence-electron chi connectivity index (χ1n) is 2.05. The van der Waals surface area contributed by atoms with Crippen molar-refractivity contribution >= 4 is 5.87 Å². The summed E-state index contributed by atoms with van der Waals surface area (Å²) in [5.41, 5.74) is 0. The van der Waals surface area contributed by atoms with Gasteiger partial charge in [0.25, 0.3) is 0 Å². The molecule has 0 spiro atoms. The van der Waals surface area contributed by atoms with Crippen LogP contribution >= 0.6 is 0 Å². The first-order valence-corrected chi connectivity index (χ1v) is 2.05. The van der Waals surface area contributed by atoms with Crippen LogP contribution in [0.5, 0.6) is 0 Å². The molecule has 2 heteroatoms. The first kappa shape index (κ1) is 4.16. The third-order valence-corrected chi connectivity index (χ3v) is 0.685. The molecule has 0 radical (unpaired) electrons. The van der Waals surface area contributed by atoms with E-state index in [0.717, 1.165) is 0 Å². The number of aliphatic hydroxyl groups excluding tert-OH is 1. The van der Waals surface area contributed by atoms with E-state index in [0.29, 0.717) is 6.42 Å². The molecule has 2 nitrogen and oxygen atoms in total. The molecule has 1 rings (SSSR count). The Hall–Kier alpha value is -1.01. The average Bonchev–Trinajstić information content (AvgIpc) is 1.69. The van der Waals surface area contributed by atoms with Gasteiger partial charge >= 0.3 is 0 Å². The second kappa shape index (κ2) is 1.63. The molecule has 0 bridgehead atoms. The maximum Gasteiger partial charge on any atom is 0.157 e. The van der Waals surface area contributed by atoms with Gasteiger partial charge in [0.2, 0.25) is 0 Å². The molecule has 0 saturated carbocycles. The van der Waals surface area contributed by atoms with Crippen LogP contribution in [0.1, 0.15) is 6.42 Å². The van der Waals surface area contributed by atoms with Gasteiger partial charge in [-0.3, -0.25) is 0 Å². The smallest absolute Gasteiger partial charge is 0.157 e. The van der Waals surface area contributed by atoms with Crippen molar-refractivity contribution in [2.45, 2.75) is 6.42 Å². The highest BCUT2D eigenvalue weighted by Crippen LogP contribution is 1.95. The highest BCUT2D eigenvalue weighted by molar-refractivity contribution is 5.57. The summed E-state index contributed by atoms with van der Waals surface area (Å²) in [4.78, 5) is 3.54. The van der Waals surface area contributed by atoms with Crippen LogP contribution in [0.3, 0.4) is 0 Å². The van der Waals surface area contributed by atoms with Crippen LogP contribution in [0.25, 0.3) is 0 Å². The second-order valence-electron chi connectivity index (χ2n) is 1.28. The molecular weight excluding hydrogens is 90.1 g/mol. The zero-order chi connectivity index (χ0) is 5.11. The summed E-state index contributed by atoms with van der Waals surface area (Å²) >= 11 is 0. The summed E-state index contributed by atoms with van der Waals surface area (Å²) in [6.45, 7) is 0. The van der Waals surface area contributed by atoms with Crippen molar-refractivity contribution in [1.82, 2.24) is 0 Å². The van der Waals surface area contributed by atoms with Crippen molar-refractivity contribution in [3.05, 3.63) is 18.0 Å². The molecule has 0 aromatic heterocycles. The molecule has 7 heavy (non-hydrogen) atoms. The monoisotopic (exact) mass is 95.0 g/mol. The Morgan fingerprint density at radius 3 is 3.00 bits per heavy atom. The number of hydrogen-bond acceptors (Lipinski definition) is 2. The van der Waals surface area contributed by atoms with E-state index in [9.17, 15) is 0 Å². The van der Waals surface area contributed by atoms with Crippen molar-refractivity contribution in [3.8, 4) is 0 Å². The Balaban J connectivity index is 2.84. The predicted molar refractivity (Wildman–Crippen MR) is 27.3 cm³/mol. The van der Waals surface area contributed by atoms with Crippen LogP contribution in [0.2, 0.25) is 0 Å². The van der Waals surface area contributed by atoms with E-state index in [4.69, 9.17) is 5.11 Å². The summed E-state index contributed by atoms with van der Waals surface area (Å²) in [5.74, 6) is 2.60. The fourth-order valence-electron chi connectivity index (χ4n) is 0.374. The lowest BCUT2D eigenvalue weighted by Gasteiger charge is -1.88. The quantitative estimate of drug-likeness (QED) is 0.478. The van der Waals surface area contributed by atoms with Gasteiger partial charge in [0.05, 0.1) is 0 Å². The minimum absolute atomic E-state index is 0.211. The SMILES string of the molecule is OC1=C=NC=CC1. The van der Waals surface area contributed by atoms with Crippen LogP contribution in [0.15, 0.2) is 23.0 Å². The van der Waals surface area contributed by atoms with Gasteiger partial charge < -0.3 is 5.11 Å². The molecule has 0 aromatic carbocycles. The molecule has 36 valence electrons. The zero-order valence-corrected chi connectivity index (χ0v) is 3.76. The molecule has 0 atom stereocenters. The number of rotatable bonds is 0. The van der Waals surface area contributed by atoms with Gasteiger partial charge in [0.15, 0.2) is 5.76 Å². The largest absolute Gasteiger partial charge is 0.503 e. The third kappa shape index (κ3) is 0.913. The molecule has 1 aliphatic rings. The van der Waals surface area contributed by atoms with E-state index in [-0.39, 0.29) is 5.76 Å².